The number of aryl methyl sites for hydroxylation is 1. The summed E-state index contributed by atoms with van der Waals surface area (Å²) in [5.41, 5.74) is 1.08. The van der Waals surface area contributed by atoms with Gasteiger partial charge in [-0.05, 0) is 51.5 Å². The van der Waals surface area contributed by atoms with Gasteiger partial charge in [0.15, 0.2) is 0 Å². The molecule has 0 aliphatic heterocycles. The van der Waals surface area contributed by atoms with Gasteiger partial charge in [0.05, 0.1) is 0 Å². The largest absolute Gasteiger partial charge is 0.478 e. The normalized spacial score (nSPS) is 10.9. The molecule has 0 atom stereocenters. The van der Waals surface area contributed by atoms with Gasteiger partial charge in [-0.2, -0.15) is 0 Å². The number of pyridine rings is 1. The van der Waals surface area contributed by atoms with E-state index >= 15 is 0 Å². The number of aromatic nitrogens is 1. The molecule has 0 saturated heterocycles. The van der Waals surface area contributed by atoms with E-state index < -0.39 is 5.97 Å². The van der Waals surface area contributed by atoms with Gasteiger partial charge in [-0.25, -0.2) is 9.78 Å². The van der Waals surface area contributed by atoms with Crippen molar-refractivity contribution in [3.63, 3.8) is 0 Å². The molecule has 0 unspecified atom stereocenters. The van der Waals surface area contributed by atoms with Crippen LogP contribution in [0.2, 0.25) is 0 Å². The highest BCUT2D eigenvalue weighted by Crippen LogP contribution is 2.21. The molecule has 5 heteroatoms. The third-order valence-corrected chi connectivity index (χ3v) is 3.83. The second kappa shape index (κ2) is 8.62. The fraction of sp³-hybridized carbons (Fsp3) is 0.625. The number of anilines is 1. The zero-order valence-electron chi connectivity index (χ0n) is 13.6. The SMILES string of the molecule is CCN(CC)CCCN(CC)c1nccc(C)c1C(=O)O. The van der Waals surface area contributed by atoms with Crippen LogP contribution in [0.5, 0.6) is 0 Å². The number of carboxylic acids is 1. The number of carbonyl (C=O) groups is 1. The van der Waals surface area contributed by atoms with Gasteiger partial charge in [0.1, 0.15) is 11.4 Å². The lowest BCUT2D eigenvalue weighted by Gasteiger charge is -2.26. The van der Waals surface area contributed by atoms with E-state index in [0.717, 1.165) is 44.7 Å². The average Bonchev–Trinajstić information content (AvgIpc) is 2.47. The molecule has 0 amide bonds. The summed E-state index contributed by atoms with van der Waals surface area (Å²) in [6.07, 6.45) is 2.69. The lowest BCUT2D eigenvalue weighted by molar-refractivity contribution is 0.0696. The minimum absolute atomic E-state index is 0.321. The molecule has 0 radical (unpaired) electrons. The quantitative estimate of drug-likeness (QED) is 0.758. The zero-order valence-corrected chi connectivity index (χ0v) is 13.6. The Labute approximate surface area is 127 Å². The predicted molar refractivity (Wildman–Crippen MR) is 86.2 cm³/mol. The highest BCUT2D eigenvalue weighted by Gasteiger charge is 2.18. The second-order valence-electron chi connectivity index (χ2n) is 5.09. The molecule has 1 aromatic rings. The monoisotopic (exact) mass is 293 g/mol. The molecule has 0 aliphatic rings. The van der Waals surface area contributed by atoms with Crippen LogP contribution in [-0.2, 0) is 0 Å². The van der Waals surface area contributed by atoms with Crippen LogP contribution < -0.4 is 4.90 Å². The van der Waals surface area contributed by atoms with Crippen LogP contribution in [0.25, 0.3) is 0 Å². The fourth-order valence-electron chi connectivity index (χ4n) is 2.49. The molecule has 0 aliphatic carbocycles. The van der Waals surface area contributed by atoms with Gasteiger partial charge in [-0.1, -0.05) is 13.8 Å². The molecular weight excluding hydrogens is 266 g/mol. The zero-order chi connectivity index (χ0) is 15.8. The summed E-state index contributed by atoms with van der Waals surface area (Å²) in [6, 6.07) is 1.75. The smallest absolute Gasteiger partial charge is 0.339 e. The summed E-state index contributed by atoms with van der Waals surface area (Å²) >= 11 is 0. The van der Waals surface area contributed by atoms with Gasteiger partial charge in [-0.3, -0.25) is 0 Å². The third-order valence-electron chi connectivity index (χ3n) is 3.83. The molecule has 118 valence electrons. The van der Waals surface area contributed by atoms with E-state index in [1.807, 2.05) is 13.8 Å². The van der Waals surface area contributed by atoms with Crippen molar-refractivity contribution < 1.29 is 9.90 Å². The summed E-state index contributed by atoms with van der Waals surface area (Å²) in [5.74, 6) is -0.317. The van der Waals surface area contributed by atoms with Gasteiger partial charge in [0.2, 0.25) is 0 Å². The first kappa shape index (κ1) is 17.4. The first-order valence-corrected chi connectivity index (χ1v) is 7.71. The Bertz CT molecular complexity index is 459. The summed E-state index contributed by atoms with van der Waals surface area (Å²) in [6.45, 7) is 12.9. The Morgan fingerprint density at radius 3 is 2.38 bits per heavy atom. The number of nitrogens with zero attached hydrogens (tertiary/aromatic N) is 3. The summed E-state index contributed by atoms with van der Waals surface area (Å²) < 4.78 is 0. The molecule has 1 aromatic heterocycles. The molecule has 1 rings (SSSR count). The summed E-state index contributed by atoms with van der Waals surface area (Å²) in [7, 11) is 0. The van der Waals surface area contributed by atoms with E-state index in [1.54, 1.807) is 12.3 Å². The second-order valence-corrected chi connectivity index (χ2v) is 5.09. The Balaban J connectivity index is 2.81. The van der Waals surface area contributed by atoms with Crippen LogP contribution in [0.4, 0.5) is 5.82 Å². The maximum absolute atomic E-state index is 11.5. The molecule has 21 heavy (non-hydrogen) atoms. The molecular formula is C16H27N3O2. The van der Waals surface area contributed by atoms with Crippen molar-refractivity contribution in [2.75, 3.05) is 37.6 Å². The predicted octanol–water partition coefficient (Wildman–Crippen LogP) is 2.65. The van der Waals surface area contributed by atoms with E-state index in [-0.39, 0.29) is 0 Å². The fourth-order valence-corrected chi connectivity index (χ4v) is 2.49. The molecule has 0 aromatic carbocycles. The van der Waals surface area contributed by atoms with Crippen LogP contribution in [0.3, 0.4) is 0 Å². The van der Waals surface area contributed by atoms with E-state index in [0.29, 0.717) is 11.4 Å². The first-order chi connectivity index (χ1) is 10.0. The molecule has 0 bridgehead atoms. The summed E-state index contributed by atoms with van der Waals surface area (Å²) in [5, 5.41) is 9.41. The van der Waals surface area contributed by atoms with Crippen LogP contribution in [0, 0.1) is 6.92 Å². The Morgan fingerprint density at radius 2 is 1.86 bits per heavy atom. The molecule has 0 saturated carbocycles. The number of hydrogen-bond donors (Lipinski definition) is 1. The highest BCUT2D eigenvalue weighted by molar-refractivity contribution is 5.94. The van der Waals surface area contributed by atoms with Gasteiger partial charge < -0.3 is 14.9 Å². The lowest BCUT2D eigenvalue weighted by atomic mass is 10.1. The molecule has 1 N–H and O–H groups in total. The minimum Gasteiger partial charge on any atom is -0.478 e. The number of aromatic carboxylic acids is 1. The number of carboxylic acid groups (broad SMARTS) is 1. The first-order valence-electron chi connectivity index (χ1n) is 7.71. The van der Waals surface area contributed by atoms with E-state index in [2.05, 4.69) is 28.6 Å². The third kappa shape index (κ3) is 4.70. The maximum Gasteiger partial charge on any atom is 0.339 e. The van der Waals surface area contributed by atoms with Crippen molar-refractivity contribution in [1.82, 2.24) is 9.88 Å². The van der Waals surface area contributed by atoms with Crippen molar-refractivity contribution in [2.24, 2.45) is 0 Å². The minimum atomic E-state index is -0.905. The van der Waals surface area contributed by atoms with Crippen molar-refractivity contribution in [2.45, 2.75) is 34.1 Å². The van der Waals surface area contributed by atoms with Crippen molar-refractivity contribution in [3.05, 3.63) is 23.4 Å². The molecule has 5 nitrogen and oxygen atoms in total. The number of rotatable bonds is 9. The molecule has 0 spiro atoms. The van der Waals surface area contributed by atoms with E-state index in [4.69, 9.17) is 0 Å². The van der Waals surface area contributed by atoms with Crippen LogP contribution in [0.1, 0.15) is 43.1 Å². The van der Waals surface area contributed by atoms with Crippen LogP contribution in [-0.4, -0.2) is 53.7 Å². The lowest BCUT2D eigenvalue weighted by Crippen LogP contribution is -2.31. The standard InChI is InChI=1S/C16H27N3O2/c1-5-18(6-2)11-8-12-19(7-3)15-14(16(20)21)13(4)9-10-17-15/h9-10H,5-8,11-12H2,1-4H3,(H,20,21). The topological polar surface area (TPSA) is 56.7 Å². The maximum atomic E-state index is 11.5. The van der Waals surface area contributed by atoms with Crippen LogP contribution >= 0.6 is 0 Å². The van der Waals surface area contributed by atoms with Crippen molar-refractivity contribution in [1.29, 1.82) is 0 Å². The van der Waals surface area contributed by atoms with Gasteiger partial charge in [-0.15, -0.1) is 0 Å². The Hall–Kier alpha value is -1.62. The molecule has 0 fully saturated rings. The van der Waals surface area contributed by atoms with Gasteiger partial charge in [0.25, 0.3) is 0 Å². The van der Waals surface area contributed by atoms with Crippen molar-refractivity contribution in [3.8, 4) is 0 Å². The van der Waals surface area contributed by atoms with Gasteiger partial charge >= 0.3 is 5.97 Å². The Kier molecular flexibility index (Phi) is 7.15. The summed E-state index contributed by atoms with van der Waals surface area (Å²) in [4.78, 5) is 20.2. The highest BCUT2D eigenvalue weighted by atomic mass is 16.4. The van der Waals surface area contributed by atoms with Gasteiger partial charge in [0, 0.05) is 19.3 Å². The van der Waals surface area contributed by atoms with Crippen LogP contribution in [0.15, 0.2) is 12.3 Å². The molecule has 1 heterocycles. The number of hydrogen-bond acceptors (Lipinski definition) is 4. The Morgan fingerprint density at radius 1 is 1.19 bits per heavy atom. The van der Waals surface area contributed by atoms with E-state index in [9.17, 15) is 9.90 Å². The van der Waals surface area contributed by atoms with Crippen molar-refractivity contribution >= 4 is 11.8 Å². The average molecular weight is 293 g/mol. The van der Waals surface area contributed by atoms with E-state index in [1.165, 1.54) is 0 Å².